The summed E-state index contributed by atoms with van der Waals surface area (Å²) in [5.74, 6) is 0.443. The average Bonchev–Trinajstić information content (AvgIpc) is 2.74. The number of primary amides is 1. The zero-order valence-corrected chi connectivity index (χ0v) is 13.7. The van der Waals surface area contributed by atoms with Crippen LogP contribution >= 0.6 is 12.2 Å². The number of benzene rings is 1. The summed E-state index contributed by atoms with van der Waals surface area (Å²) in [6.07, 6.45) is 0.782. The molecule has 0 saturated carbocycles. The first kappa shape index (κ1) is 16.4. The van der Waals surface area contributed by atoms with Gasteiger partial charge in [-0.3, -0.25) is 9.69 Å². The number of rotatable bonds is 7. The van der Waals surface area contributed by atoms with Crippen molar-refractivity contribution >= 4 is 18.1 Å². The Labute approximate surface area is 135 Å². The first-order chi connectivity index (χ1) is 10.5. The van der Waals surface area contributed by atoms with Gasteiger partial charge in [0.2, 0.25) is 5.91 Å². The fraction of sp³-hybridized carbons (Fsp3) is 0.400. The molecule has 0 aliphatic rings. The molecule has 1 aromatic heterocycles. The monoisotopic (exact) mass is 319 g/mol. The third-order valence-corrected chi connectivity index (χ3v) is 3.88. The molecule has 6 nitrogen and oxygen atoms in total. The molecule has 2 rings (SSSR count). The van der Waals surface area contributed by atoms with Gasteiger partial charge in [0.05, 0.1) is 6.67 Å². The molecule has 2 N–H and O–H groups in total. The van der Waals surface area contributed by atoms with Gasteiger partial charge in [0.15, 0.2) is 4.77 Å². The van der Waals surface area contributed by atoms with Crippen molar-refractivity contribution in [2.45, 2.75) is 26.1 Å². The summed E-state index contributed by atoms with van der Waals surface area (Å²) >= 11 is 5.40. The van der Waals surface area contributed by atoms with Gasteiger partial charge in [0, 0.05) is 26.4 Å². The van der Waals surface area contributed by atoms with Gasteiger partial charge in [0.25, 0.3) is 0 Å². The van der Waals surface area contributed by atoms with Crippen molar-refractivity contribution in [2.24, 2.45) is 12.8 Å². The highest BCUT2D eigenvalue weighted by Gasteiger charge is 2.10. The van der Waals surface area contributed by atoms with Crippen LogP contribution in [-0.4, -0.2) is 32.2 Å². The number of nitrogens with two attached hydrogens (primary N) is 1. The summed E-state index contributed by atoms with van der Waals surface area (Å²) < 4.78 is 4.24. The summed E-state index contributed by atoms with van der Waals surface area (Å²) in [7, 11) is 3.88. The normalized spacial score (nSPS) is 11.0. The number of amides is 1. The van der Waals surface area contributed by atoms with Crippen molar-refractivity contribution in [3.63, 3.8) is 0 Å². The number of carbonyl (C=O) groups is 1. The van der Waals surface area contributed by atoms with Crippen LogP contribution in [0.3, 0.4) is 0 Å². The molecule has 1 amide bonds. The van der Waals surface area contributed by atoms with E-state index in [-0.39, 0.29) is 12.3 Å². The van der Waals surface area contributed by atoms with Crippen LogP contribution in [0.2, 0.25) is 0 Å². The predicted octanol–water partition coefficient (Wildman–Crippen LogP) is 1.46. The Hall–Kier alpha value is -1.99. The number of hydrogen-bond donors (Lipinski definition) is 1. The van der Waals surface area contributed by atoms with Gasteiger partial charge in [-0.05, 0) is 24.8 Å². The van der Waals surface area contributed by atoms with Crippen LogP contribution < -0.4 is 5.73 Å². The smallest absolute Gasteiger partial charge is 0.217 e. The molecule has 0 bridgehead atoms. The van der Waals surface area contributed by atoms with E-state index in [0.717, 1.165) is 12.4 Å². The molecule has 1 heterocycles. The highest BCUT2D eigenvalue weighted by molar-refractivity contribution is 7.71. The van der Waals surface area contributed by atoms with Crippen LogP contribution in [0, 0.1) is 4.77 Å². The minimum atomic E-state index is -0.332. The Balaban J connectivity index is 2.04. The lowest BCUT2D eigenvalue weighted by atomic mass is 10.2. The van der Waals surface area contributed by atoms with E-state index in [9.17, 15) is 4.79 Å². The highest BCUT2D eigenvalue weighted by Crippen LogP contribution is 2.06. The second kappa shape index (κ2) is 7.33. The Morgan fingerprint density at radius 2 is 2.05 bits per heavy atom. The van der Waals surface area contributed by atoms with Gasteiger partial charge >= 0.3 is 0 Å². The topological polar surface area (TPSA) is 69.1 Å². The van der Waals surface area contributed by atoms with Crippen molar-refractivity contribution in [3.8, 4) is 0 Å². The van der Waals surface area contributed by atoms with E-state index in [0.29, 0.717) is 17.9 Å². The lowest BCUT2D eigenvalue weighted by molar-refractivity contribution is -0.118. The lowest BCUT2D eigenvalue weighted by Crippen LogP contribution is -2.22. The number of hydrogen-bond acceptors (Lipinski definition) is 4. The minimum Gasteiger partial charge on any atom is -0.370 e. The summed E-state index contributed by atoms with van der Waals surface area (Å²) in [5.41, 5.74) is 6.42. The Morgan fingerprint density at radius 1 is 1.36 bits per heavy atom. The maximum absolute atomic E-state index is 10.9. The van der Waals surface area contributed by atoms with Gasteiger partial charge in [0.1, 0.15) is 5.82 Å². The Kier molecular flexibility index (Phi) is 5.46. The van der Waals surface area contributed by atoms with Gasteiger partial charge < -0.3 is 10.3 Å². The quantitative estimate of drug-likeness (QED) is 0.785. The van der Waals surface area contributed by atoms with Gasteiger partial charge in [-0.2, -0.15) is 5.10 Å². The van der Waals surface area contributed by atoms with Crippen molar-refractivity contribution in [2.75, 3.05) is 7.05 Å². The molecule has 0 saturated heterocycles. The molecule has 0 radical (unpaired) electrons. The molecule has 22 heavy (non-hydrogen) atoms. The molecule has 0 spiro atoms. The fourth-order valence-corrected chi connectivity index (χ4v) is 2.46. The van der Waals surface area contributed by atoms with Crippen LogP contribution in [0.4, 0.5) is 0 Å². The van der Waals surface area contributed by atoms with Crippen LogP contribution in [-0.2, 0) is 31.5 Å². The number of carbonyl (C=O) groups excluding carboxylic acids is 1. The van der Waals surface area contributed by atoms with E-state index in [2.05, 4.69) is 22.1 Å². The average molecular weight is 319 g/mol. The first-order valence-corrected chi connectivity index (χ1v) is 7.51. The standard InChI is InChI=1S/C15H21N5OS/c1-18(10-12-6-4-3-5-7-12)11-20-15(22)19(2)14(17-20)9-8-13(16)21/h3-7H,8-11H2,1-2H3,(H2,16,21). The molecule has 0 unspecified atom stereocenters. The molecular formula is C15H21N5OS. The zero-order valence-electron chi connectivity index (χ0n) is 12.9. The van der Waals surface area contributed by atoms with Crippen molar-refractivity contribution in [1.29, 1.82) is 0 Å². The summed E-state index contributed by atoms with van der Waals surface area (Å²) in [6, 6.07) is 10.2. The largest absolute Gasteiger partial charge is 0.370 e. The van der Waals surface area contributed by atoms with Gasteiger partial charge in [-0.1, -0.05) is 30.3 Å². The number of aromatic nitrogens is 3. The molecule has 7 heteroatoms. The van der Waals surface area contributed by atoms with E-state index in [4.69, 9.17) is 18.0 Å². The van der Waals surface area contributed by atoms with E-state index in [1.165, 1.54) is 5.56 Å². The van der Waals surface area contributed by atoms with Gasteiger partial charge in [-0.15, -0.1) is 0 Å². The minimum absolute atomic E-state index is 0.277. The summed E-state index contributed by atoms with van der Waals surface area (Å²) in [4.78, 5) is 13.0. The third kappa shape index (κ3) is 4.25. The molecule has 118 valence electrons. The van der Waals surface area contributed by atoms with E-state index < -0.39 is 0 Å². The maximum atomic E-state index is 10.9. The molecule has 1 aromatic carbocycles. The van der Waals surface area contributed by atoms with Crippen LogP contribution in [0.5, 0.6) is 0 Å². The van der Waals surface area contributed by atoms with E-state index in [1.807, 2.05) is 36.9 Å². The SMILES string of the molecule is CN(Cc1ccccc1)Cn1nc(CCC(N)=O)n(C)c1=S. The van der Waals surface area contributed by atoms with E-state index in [1.54, 1.807) is 4.68 Å². The second-order valence-corrected chi connectivity index (χ2v) is 5.73. The van der Waals surface area contributed by atoms with Crippen LogP contribution in [0.25, 0.3) is 0 Å². The second-order valence-electron chi connectivity index (χ2n) is 5.36. The Morgan fingerprint density at radius 3 is 2.68 bits per heavy atom. The van der Waals surface area contributed by atoms with Crippen LogP contribution in [0.1, 0.15) is 17.8 Å². The maximum Gasteiger partial charge on any atom is 0.217 e. The van der Waals surface area contributed by atoms with Crippen molar-refractivity contribution < 1.29 is 4.79 Å². The van der Waals surface area contributed by atoms with Crippen molar-refractivity contribution in [3.05, 3.63) is 46.5 Å². The molecule has 0 fully saturated rings. The van der Waals surface area contributed by atoms with Gasteiger partial charge in [-0.25, -0.2) is 4.68 Å². The first-order valence-electron chi connectivity index (χ1n) is 7.11. The van der Waals surface area contributed by atoms with Crippen molar-refractivity contribution in [1.82, 2.24) is 19.2 Å². The Bertz CT molecular complexity index is 692. The fourth-order valence-electron chi connectivity index (χ4n) is 2.25. The molecule has 0 atom stereocenters. The molecule has 0 aliphatic carbocycles. The molecule has 0 aliphatic heterocycles. The third-order valence-electron chi connectivity index (χ3n) is 3.40. The zero-order chi connectivity index (χ0) is 16.1. The number of aryl methyl sites for hydroxylation is 1. The predicted molar refractivity (Wildman–Crippen MR) is 87.5 cm³/mol. The molecular weight excluding hydrogens is 298 g/mol. The van der Waals surface area contributed by atoms with E-state index >= 15 is 0 Å². The summed E-state index contributed by atoms with van der Waals surface area (Å²) in [6.45, 7) is 1.41. The van der Waals surface area contributed by atoms with Crippen LogP contribution in [0.15, 0.2) is 30.3 Å². The number of nitrogens with zero attached hydrogens (tertiary/aromatic N) is 4. The lowest BCUT2D eigenvalue weighted by Gasteiger charge is -2.16. The molecule has 2 aromatic rings. The highest BCUT2D eigenvalue weighted by atomic mass is 32.1. The summed E-state index contributed by atoms with van der Waals surface area (Å²) in [5, 5.41) is 4.49.